The second-order valence-corrected chi connectivity index (χ2v) is 5.88. The van der Waals surface area contributed by atoms with Crippen LogP contribution in [0.2, 0.25) is 0 Å². The summed E-state index contributed by atoms with van der Waals surface area (Å²) in [4.78, 5) is 0. The van der Waals surface area contributed by atoms with Crippen molar-refractivity contribution in [2.24, 2.45) is 5.10 Å². The molecule has 24 heavy (non-hydrogen) atoms. The van der Waals surface area contributed by atoms with Crippen LogP contribution in [0.4, 0.5) is 17.1 Å². The molecule has 3 aromatic carbocycles. The highest BCUT2D eigenvalue weighted by Crippen LogP contribution is 2.27. The normalized spacial score (nSPS) is 13.3. The lowest BCUT2D eigenvalue weighted by atomic mass is 9.96. The fourth-order valence-electron chi connectivity index (χ4n) is 2.91. The molecule has 0 spiro atoms. The number of nitrogens with two attached hydrogens (primary N) is 2. The minimum absolute atomic E-state index is 0.735. The standard InChI is InChI=1S/C20H18N4/c21-16-7-5-14(6-8-16)20-19-4-2-1-3-15(19)13-24(23-20)18-11-9-17(22)10-12-18/h1-12H,13,21-22H2. The lowest BCUT2D eigenvalue weighted by Gasteiger charge is -2.27. The molecule has 0 radical (unpaired) electrons. The first-order valence-electron chi connectivity index (χ1n) is 7.86. The van der Waals surface area contributed by atoms with Gasteiger partial charge in [0.1, 0.15) is 0 Å². The van der Waals surface area contributed by atoms with E-state index in [1.165, 1.54) is 5.56 Å². The molecule has 4 heteroatoms. The van der Waals surface area contributed by atoms with E-state index < -0.39 is 0 Å². The van der Waals surface area contributed by atoms with Gasteiger partial charge in [-0.2, -0.15) is 5.10 Å². The Labute approximate surface area is 141 Å². The van der Waals surface area contributed by atoms with Crippen LogP contribution in [-0.4, -0.2) is 5.71 Å². The zero-order valence-electron chi connectivity index (χ0n) is 13.2. The third-order valence-corrected chi connectivity index (χ3v) is 4.19. The number of rotatable bonds is 2. The molecule has 1 heterocycles. The van der Waals surface area contributed by atoms with Crippen molar-refractivity contribution in [3.8, 4) is 0 Å². The van der Waals surface area contributed by atoms with Crippen molar-refractivity contribution < 1.29 is 0 Å². The highest BCUT2D eigenvalue weighted by molar-refractivity contribution is 6.14. The smallest absolute Gasteiger partial charge is 0.0984 e. The fraction of sp³-hybridized carbons (Fsp3) is 0.0500. The highest BCUT2D eigenvalue weighted by atomic mass is 15.5. The van der Waals surface area contributed by atoms with Crippen LogP contribution in [0.1, 0.15) is 16.7 Å². The molecule has 0 saturated carbocycles. The summed E-state index contributed by atoms with van der Waals surface area (Å²) in [7, 11) is 0. The molecule has 4 N–H and O–H groups in total. The second kappa shape index (κ2) is 5.74. The SMILES string of the molecule is Nc1ccc(C2=NN(c3ccc(N)cc3)Cc3ccccc32)cc1. The summed E-state index contributed by atoms with van der Waals surface area (Å²) in [5.74, 6) is 0. The van der Waals surface area contributed by atoms with Crippen molar-refractivity contribution in [2.45, 2.75) is 6.54 Å². The van der Waals surface area contributed by atoms with Gasteiger partial charge in [0.2, 0.25) is 0 Å². The Kier molecular flexibility index (Phi) is 3.43. The molecule has 4 rings (SSSR count). The van der Waals surface area contributed by atoms with E-state index in [4.69, 9.17) is 16.6 Å². The summed E-state index contributed by atoms with van der Waals surface area (Å²) < 4.78 is 0. The van der Waals surface area contributed by atoms with Crippen LogP contribution in [0.15, 0.2) is 77.9 Å². The van der Waals surface area contributed by atoms with Crippen LogP contribution >= 0.6 is 0 Å². The van der Waals surface area contributed by atoms with E-state index in [0.717, 1.165) is 40.4 Å². The van der Waals surface area contributed by atoms with Gasteiger partial charge in [-0.15, -0.1) is 0 Å². The molecule has 118 valence electrons. The molecule has 0 bridgehead atoms. The number of benzene rings is 3. The first kappa shape index (κ1) is 14.3. The zero-order valence-corrected chi connectivity index (χ0v) is 13.2. The Balaban J connectivity index is 1.83. The van der Waals surface area contributed by atoms with Gasteiger partial charge in [0.15, 0.2) is 0 Å². The van der Waals surface area contributed by atoms with Crippen molar-refractivity contribution in [1.29, 1.82) is 0 Å². The van der Waals surface area contributed by atoms with E-state index in [1.807, 2.05) is 59.6 Å². The van der Waals surface area contributed by atoms with Gasteiger partial charge in [0.25, 0.3) is 0 Å². The maximum atomic E-state index is 5.82. The van der Waals surface area contributed by atoms with Gasteiger partial charge in [-0.05, 0) is 42.0 Å². The summed E-state index contributed by atoms with van der Waals surface area (Å²) in [5.41, 5.74) is 18.6. The van der Waals surface area contributed by atoms with E-state index in [9.17, 15) is 0 Å². The van der Waals surface area contributed by atoms with Crippen molar-refractivity contribution in [1.82, 2.24) is 0 Å². The summed E-state index contributed by atoms with van der Waals surface area (Å²) in [5, 5.41) is 6.90. The van der Waals surface area contributed by atoms with Crippen molar-refractivity contribution in [3.63, 3.8) is 0 Å². The summed E-state index contributed by atoms with van der Waals surface area (Å²) in [6.45, 7) is 0.735. The van der Waals surface area contributed by atoms with Crippen LogP contribution in [-0.2, 0) is 6.54 Å². The number of anilines is 3. The second-order valence-electron chi connectivity index (χ2n) is 5.88. The van der Waals surface area contributed by atoms with Gasteiger partial charge in [-0.3, -0.25) is 5.01 Å². The van der Waals surface area contributed by atoms with Crippen LogP contribution in [0, 0.1) is 0 Å². The third kappa shape index (κ3) is 2.58. The predicted molar refractivity (Wildman–Crippen MR) is 100.0 cm³/mol. The first-order chi connectivity index (χ1) is 11.7. The molecule has 0 amide bonds. The van der Waals surface area contributed by atoms with Gasteiger partial charge in [-0.1, -0.05) is 36.4 Å². The number of hydrazone groups is 1. The maximum absolute atomic E-state index is 5.82. The Bertz CT molecular complexity index is 896. The largest absolute Gasteiger partial charge is 0.399 e. The van der Waals surface area contributed by atoms with Gasteiger partial charge in [0.05, 0.1) is 17.9 Å². The van der Waals surface area contributed by atoms with Crippen LogP contribution in [0.25, 0.3) is 0 Å². The lowest BCUT2D eigenvalue weighted by Crippen LogP contribution is -2.26. The Hall–Kier alpha value is -3.27. The molecule has 0 fully saturated rings. The van der Waals surface area contributed by atoms with E-state index in [-0.39, 0.29) is 0 Å². The maximum Gasteiger partial charge on any atom is 0.0984 e. The topological polar surface area (TPSA) is 67.6 Å². The Morgan fingerprint density at radius 3 is 2.08 bits per heavy atom. The summed E-state index contributed by atoms with van der Waals surface area (Å²) in [6.07, 6.45) is 0. The Morgan fingerprint density at radius 2 is 1.38 bits per heavy atom. The average molecular weight is 314 g/mol. The van der Waals surface area contributed by atoms with Crippen LogP contribution in [0.5, 0.6) is 0 Å². The fourth-order valence-corrected chi connectivity index (χ4v) is 2.91. The van der Waals surface area contributed by atoms with Crippen molar-refractivity contribution >= 4 is 22.8 Å². The average Bonchev–Trinajstić information content (AvgIpc) is 2.62. The first-order valence-corrected chi connectivity index (χ1v) is 7.86. The minimum Gasteiger partial charge on any atom is -0.399 e. The number of fused-ring (bicyclic) bond motifs is 1. The quantitative estimate of drug-likeness (QED) is 0.710. The molecular formula is C20H18N4. The molecule has 1 aliphatic heterocycles. The number of hydrogen-bond acceptors (Lipinski definition) is 4. The van der Waals surface area contributed by atoms with Gasteiger partial charge in [0, 0.05) is 22.5 Å². The number of hydrogen-bond donors (Lipinski definition) is 2. The van der Waals surface area contributed by atoms with E-state index >= 15 is 0 Å². The minimum atomic E-state index is 0.735. The number of nitrogen functional groups attached to an aromatic ring is 2. The van der Waals surface area contributed by atoms with Gasteiger partial charge < -0.3 is 11.5 Å². The Morgan fingerprint density at radius 1 is 0.750 bits per heavy atom. The van der Waals surface area contributed by atoms with Gasteiger partial charge >= 0.3 is 0 Å². The highest BCUT2D eigenvalue weighted by Gasteiger charge is 2.20. The molecule has 0 unspecified atom stereocenters. The molecule has 0 aromatic heterocycles. The van der Waals surface area contributed by atoms with E-state index in [0.29, 0.717) is 0 Å². The molecular weight excluding hydrogens is 296 g/mol. The molecule has 0 atom stereocenters. The van der Waals surface area contributed by atoms with Crippen LogP contribution in [0.3, 0.4) is 0 Å². The summed E-state index contributed by atoms with van der Waals surface area (Å²) >= 11 is 0. The molecule has 3 aromatic rings. The monoisotopic (exact) mass is 314 g/mol. The van der Waals surface area contributed by atoms with Gasteiger partial charge in [-0.25, -0.2) is 0 Å². The van der Waals surface area contributed by atoms with E-state index in [2.05, 4.69) is 18.2 Å². The summed E-state index contributed by atoms with van der Waals surface area (Å²) in [6, 6.07) is 24.0. The molecule has 0 saturated heterocycles. The van der Waals surface area contributed by atoms with E-state index in [1.54, 1.807) is 0 Å². The molecule has 1 aliphatic rings. The molecule has 0 aliphatic carbocycles. The lowest BCUT2D eigenvalue weighted by molar-refractivity contribution is 0.837. The van der Waals surface area contributed by atoms with Crippen molar-refractivity contribution in [2.75, 3.05) is 16.5 Å². The number of nitrogens with zero attached hydrogens (tertiary/aromatic N) is 2. The van der Waals surface area contributed by atoms with Crippen molar-refractivity contribution in [3.05, 3.63) is 89.5 Å². The zero-order chi connectivity index (χ0) is 16.5. The van der Waals surface area contributed by atoms with Crippen LogP contribution < -0.4 is 16.5 Å². The third-order valence-electron chi connectivity index (χ3n) is 4.19. The molecule has 4 nitrogen and oxygen atoms in total. The predicted octanol–water partition coefficient (Wildman–Crippen LogP) is 3.62.